The maximum absolute atomic E-state index is 12.2. The van der Waals surface area contributed by atoms with Gasteiger partial charge in [-0.05, 0) is 48.9 Å². The van der Waals surface area contributed by atoms with Gasteiger partial charge in [0.25, 0.3) is 0 Å². The van der Waals surface area contributed by atoms with E-state index in [1.165, 1.54) is 24.3 Å². The van der Waals surface area contributed by atoms with Crippen LogP contribution in [0, 0.1) is 6.92 Å². The molecule has 0 saturated heterocycles. The van der Waals surface area contributed by atoms with Crippen LogP contribution in [0.2, 0.25) is 5.02 Å². The minimum atomic E-state index is -3.76. The molecule has 2 aromatic rings. The van der Waals surface area contributed by atoms with Crippen LogP contribution in [0.3, 0.4) is 0 Å². The Labute approximate surface area is 171 Å². The number of rotatable bonds is 7. The van der Waals surface area contributed by atoms with Crippen molar-refractivity contribution in [2.45, 2.75) is 18.2 Å². The molecule has 0 radical (unpaired) electrons. The Bertz CT molecular complexity index is 946. The molecule has 0 aromatic heterocycles. The van der Waals surface area contributed by atoms with Crippen LogP contribution in [0.1, 0.15) is 12.0 Å². The third-order valence-electron chi connectivity index (χ3n) is 3.64. The number of hydrogen-bond donors (Lipinski definition) is 2. The summed E-state index contributed by atoms with van der Waals surface area (Å²) in [5.41, 5.74) is 1.58. The van der Waals surface area contributed by atoms with Crippen molar-refractivity contribution < 1.29 is 18.0 Å². The van der Waals surface area contributed by atoms with E-state index in [9.17, 15) is 18.0 Å². The van der Waals surface area contributed by atoms with Gasteiger partial charge in [-0.15, -0.1) is 0 Å². The van der Waals surface area contributed by atoms with Gasteiger partial charge in [-0.3, -0.25) is 9.59 Å². The van der Waals surface area contributed by atoms with E-state index < -0.39 is 21.5 Å². The molecule has 2 N–H and O–H groups in total. The molecule has 2 amide bonds. The Morgan fingerprint density at radius 3 is 2.41 bits per heavy atom. The van der Waals surface area contributed by atoms with Crippen LogP contribution in [-0.2, 0) is 19.4 Å². The van der Waals surface area contributed by atoms with Crippen LogP contribution in [0.15, 0.2) is 51.8 Å². The quantitative estimate of drug-likeness (QED) is 0.645. The number of carbonyl (C=O) groups excluding carboxylic acids is 2. The first kappa shape index (κ1) is 21.4. The van der Waals surface area contributed by atoms with E-state index in [0.717, 1.165) is 10.0 Å². The predicted octanol–water partition coefficient (Wildman–Crippen LogP) is 3.33. The Balaban J connectivity index is 1.82. The lowest BCUT2D eigenvalue weighted by Crippen LogP contribution is -2.32. The zero-order chi connectivity index (χ0) is 20.0. The van der Waals surface area contributed by atoms with Gasteiger partial charge in [0.05, 0.1) is 4.90 Å². The number of halogens is 2. The van der Waals surface area contributed by atoms with Crippen molar-refractivity contribution in [1.82, 2.24) is 5.32 Å². The Kier molecular flexibility index (Phi) is 7.41. The molecule has 0 atom stereocenters. The molecule has 0 aliphatic heterocycles. The molecule has 0 fully saturated rings. The zero-order valence-electron chi connectivity index (χ0n) is 14.5. The van der Waals surface area contributed by atoms with E-state index in [1.807, 2.05) is 19.1 Å². The molecule has 0 heterocycles. The second kappa shape index (κ2) is 9.34. The molecule has 27 heavy (non-hydrogen) atoms. The largest absolute Gasteiger partial charge is 0.355 e. The number of benzene rings is 2. The molecule has 2 rings (SSSR count). The SMILES string of the molecule is Cc1ccc(Br)cc1NC(=O)CCNC(=O)CS(=O)(=O)c1ccc(Cl)cc1. The minimum absolute atomic E-state index is 0.0184. The van der Waals surface area contributed by atoms with Crippen LogP contribution in [-0.4, -0.2) is 32.5 Å². The monoisotopic (exact) mass is 472 g/mol. The van der Waals surface area contributed by atoms with Gasteiger partial charge in [-0.2, -0.15) is 0 Å². The fourth-order valence-corrected chi connectivity index (χ4v) is 3.86. The fraction of sp³-hybridized carbons (Fsp3) is 0.222. The summed E-state index contributed by atoms with van der Waals surface area (Å²) in [6.07, 6.45) is 0.0265. The summed E-state index contributed by atoms with van der Waals surface area (Å²) in [6, 6.07) is 11.1. The molecule has 0 saturated carbocycles. The van der Waals surface area contributed by atoms with Crippen molar-refractivity contribution in [2.24, 2.45) is 0 Å². The fourth-order valence-electron chi connectivity index (χ4n) is 2.21. The molecule has 9 heteroatoms. The van der Waals surface area contributed by atoms with Gasteiger partial charge in [0, 0.05) is 28.1 Å². The normalized spacial score (nSPS) is 11.1. The molecular formula is C18H18BrClN2O4S. The topological polar surface area (TPSA) is 92.3 Å². The Morgan fingerprint density at radius 2 is 1.74 bits per heavy atom. The maximum Gasteiger partial charge on any atom is 0.235 e. The average molecular weight is 474 g/mol. The minimum Gasteiger partial charge on any atom is -0.355 e. The van der Waals surface area contributed by atoms with Crippen molar-refractivity contribution >= 4 is 54.9 Å². The van der Waals surface area contributed by atoms with Gasteiger partial charge in [-0.25, -0.2) is 8.42 Å². The smallest absolute Gasteiger partial charge is 0.235 e. The van der Waals surface area contributed by atoms with Crippen molar-refractivity contribution in [3.05, 3.63) is 57.5 Å². The number of aryl methyl sites for hydroxylation is 1. The highest BCUT2D eigenvalue weighted by Crippen LogP contribution is 2.20. The van der Waals surface area contributed by atoms with Crippen molar-refractivity contribution in [1.29, 1.82) is 0 Å². The Hall–Kier alpha value is -1.90. The van der Waals surface area contributed by atoms with E-state index in [2.05, 4.69) is 26.6 Å². The zero-order valence-corrected chi connectivity index (χ0v) is 17.6. The van der Waals surface area contributed by atoms with Crippen LogP contribution < -0.4 is 10.6 Å². The van der Waals surface area contributed by atoms with E-state index in [4.69, 9.17) is 11.6 Å². The van der Waals surface area contributed by atoms with E-state index in [-0.39, 0.29) is 23.8 Å². The first-order valence-electron chi connectivity index (χ1n) is 7.98. The van der Waals surface area contributed by atoms with Crippen molar-refractivity contribution in [3.8, 4) is 0 Å². The second-order valence-electron chi connectivity index (χ2n) is 5.82. The van der Waals surface area contributed by atoms with Gasteiger partial charge in [0.2, 0.25) is 11.8 Å². The standard InChI is InChI=1S/C18H18BrClN2O4S/c1-12-2-3-13(19)10-16(12)22-17(23)8-9-21-18(24)11-27(25,26)15-6-4-14(20)5-7-15/h2-7,10H,8-9,11H2,1H3,(H,21,24)(H,22,23). The van der Waals surface area contributed by atoms with E-state index in [0.29, 0.717) is 10.7 Å². The first-order valence-corrected chi connectivity index (χ1v) is 10.8. The lowest BCUT2D eigenvalue weighted by molar-refractivity contribution is -0.119. The third kappa shape index (κ3) is 6.64. The molecule has 2 aromatic carbocycles. The lowest BCUT2D eigenvalue weighted by atomic mass is 10.2. The number of sulfone groups is 1. The van der Waals surface area contributed by atoms with Gasteiger partial charge in [-0.1, -0.05) is 33.6 Å². The van der Waals surface area contributed by atoms with Crippen LogP contribution in [0.5, 0.6) is 0 Å². The number of hydrogen-bond acceptors (Lipinski definition) is 4. The molecule has 0 spiro atoms. The van der Waals surface area contributed by atoms with Crippen molar-refractivity contribution in [3.63, 3.8) is 0 Å². The van der Waals surface area contributed by atoms with E-state index in [1.54, 1.807) is 6.07 Å². The molecule has 6 nitrogen and oxygen atoms in total. The molecule has 0 aliphatic carbocycles. The average Bonchev–Trinajstić information content (AvgIpc) is 2.58. The van der Waals surface area contributed by atoms with Gasteiger partial charge < -0.3 is 10.6 Å². The molecule has 0 bridgehead atoms. The van der Waals surface area contributed by atoms with Gasteiger partial charge in [0.1, 0.15) is 5.75 Å². The van der Waals surface area contributed by atoms with Crippen LogP contribution in [0.25, 0.3) is 0 Å². The molecular weight excluding hydrogens is 456 g/mol. The molecule has 0 unspecified atom stereocenters. The van der Waals surface area contributed by atoms with Gasteiger partial charge in [0.15, 0.2) is 9.84 Å². The van der Waals surface area contributed by atoms with Crippen LogP contribution >= 0.6 is 27.5 Å². The maximum atomic E-state index is 12.2. The summed E-state index contributed by atoms with van der Waals surface area (Å²) in [6.45, 7) is 1.90. The van der Waals surface area contributed by atoms with E-state index >= 15 is 0 Å². The highest BCUT2D eigenvalue weighted by atomic mass is 79.9. The number of nitrogens with one attached hydrogen (secondary N) is 2. The van der Waals surface area contributed by atoms with Crippen LogP contribution in [0.4, 0.5) is 5.69 Å². The van der Waals surface area contributed by atoms with Gasteiger partial charge >= 0.3 is 0 Å². The van der Waals surface area contributed by atoms with Crippen molar-refractivity contribution in [2.75, 3.05) is 17.6 Å². The first-order chi connectivity index (χ1) is 12.7. The second-order valence-corrected chi connectivity index (χ2v) is 9.16. The summed E-state index contributed by atoms with van der Waals surface area (Å²) in [5, 5.41) is 5.61. The Morgan fingerprint density at radius 1 is 1.07 bits per heavy atom. The lowest BCUT2D eigenvalue weighted by Gasteiger charge is -2.10. The third-order valence-corrected chi connectivity index (χ3v) is 6.02. The number of carbonyl (C=O) groups is 2. The molecule has 144 valence electrons. The predicted molar refractivity (Wildman–Crippen MR) is 109 cm³/mol. The summed E-state index contributed by atoms with van der Waals surface area (Å²) in [7, 11) is -3.76. The summed E-state index contributed by atoms with van der Waals surface area (Å²) >= 11 is 9.06. The highest BCUT2D eigenvalue weighted by Gasteiger charge is 2.19. The molecule has 0 aliphatic rings. The summed E-state index contributed by atoms with van der Waals surface area (Å²) in [4.78, 5) is 23.9. The number of anilines is 1. The highest BCUT2D eigenvalue weighted by molar-refractivity contribution is 9.10. The summed E-state index contributed by atoms with van der Waals surface area (Å²) < 4.78 is 25.2. The summed E-state index contributed by atoms with van der Waals surface area (Å²) in [5.74, 6) is -1.64. The number of amides is 2.